The van der Waals surface area contributed by atoms with Crippen molar-refractivity contribution in [2.24, 2.45) is 0 Å². The van der Waals surface area contributed by atoms with Gasteiger partial charge < -0.3 is 19.9 Å². The third-order valence-corrected chi connectivity index (χ3v) is 3.90. The maximum absolute atomic E-state index is 11.9. The summed E-state index contributed by atoms with van der Waals surface area (Å²) in [6.07, 6.45) is 4.44. The molecule has 1 amide bonds. The first-order valence-corrected chi connectivity index (χ1v) is 8.47. The Kier molecular flexibility index (Phi) is 7.41. The third-order valence-electron chi connectivity index (χ3n) is 3.90. The van der Waals surface area contributed by atoms with Gasteiger partial charge in [0.15, 0.2) is 6.54 Å². The number of hydrogen-bond acceptors (Lipinski definition) is 6. The van der Waals surface area contributed by atoms with Gasteiger partial charge in [0.05, 0.1) is 32.8 Å². The number of carbonyl (C=O) groups is 2. The summed E-state index contributed by atoms with van der Waals surface area (Å²) in [5.74, 6) is 0.565. The normalized spacial score (nSPS) is 15.1. The molecule has 0 unspecified atom stereocenters. The lowest BCUT2D eigenvalue weighted by Crippen LogP contribution is -3.16. The topological polar surface area (TPSA) is 88.9 Å². The summed E-state index contributed by atoms with van der Waals surface area (Å²) >= 11 is 0. The van der Waals surface area contributed by atoms with Gasteiger partial charge in [-0.25, -0.2) is 9.97 Å². The van der Waals surface area contributed by atoms with Crippen LogP contribution < -0.4 is 15.1 Å². The summed E-state index contributed by atoms with van der Waals surface area (Å²) in [6.45, 7) is 6.60. The maximum Gasteiger partial charge on any atom is 0.305 e. The molecule has 132 valence electrons. The van der Waals surface area contributed by atoms with E-state index in [2.05, 4.69) is 20.2 Å². The zero-order valence-corrected chi connectivity index (χ0v) is 14.2. The molecule has 2 heterocycles. The average molecular weight is 336 g/mol. The molecule has 8 nitrogen and oxygen atoms in total. The molecule has 1 aromatic rings. The highest BCUT2D eigenvalue weighted by Gasteiger charge is 2.23. The molecule has 24 heavy (non-hydrogen) atoms. The van der Waals surface area contributed by atoms with Crippen LogP contribution in [0.1, 0.15) is 19.8 Å². The van der Waals surface area contributed by atoms with Gasteiger partial charge in [0.1, 0.15) is 0 Å². The number of ether oxygens (including phenoxy) is 1. The highest BCUT2D eigenvalue weighted by Crippen LogP contribution is 2.03. The molecule has 0 spiro atoms. The number of rotatable bonds is 8. The minimum Gasteiger partial charge on any atom is -0.466 e. The molecule has 1 aromatic heterocycles. The van der Waals surface area contributed by atoms with E-state index in [0.717, 1.165) is 32.1 Å². The molecule has 1 aliphatic heterocycles. The second kappa shape index (κ2) is 9.82. The van der Waals surface area contributed by atoms with Crippen LogP contribution in [-0.4, -0.2) is 67.7 Å². The van der Waals surface area contributed by atoms with Crippen molar-refractivity contribution in [1.82, 2.24) is 15.3 Å². The monoisotopic (exact) mass is 336 g/mol. The van der Waals surface area contributed by atoms with E-state index < -0.39 is 0 Å². The highest BCUT2D eigenvalue weighted by atomic mass is 16.5. The van der Waals surface area contributed by atoms with Crippen LogP contribution >= 0.6 is 0 Å². The largest absolute Gasteiger partial charge is 0.466 e. The number of hydrogen-bond donors (Lipinski definition) is 2. The number of anilines is 1. The summed E-state index contributed by atoms with van der Waals surface area (Å²) in [4.78, 5) is 35.0. The van der Waals surface area contributed by atoms with Crippen LogP contribution in [0.3, 0.4) is 0 Å². The lowest BCUT2D eigenvalue weighted by molar-refractivity contribution is -0.892. The van der Waals surface area contributed by atoms with E-state index in [9.17, 15) is 9.59 Å². The van der Waals surface area contributed by atoms with Gasteiger partial charge >= 0.3 is 5.97 Å². The maximum atomic E-state index is 11.9. The van der Waals surface area contributed by atoms with Crippen LogP contribution in [0.25, 0.3) is 0 Å². The van der Waals surface area contributed by atoms with Crippen molar-refractivity contribution in [3.8, 4) is 0 Å². The van der Waals surface area contributed by atoms with Crippen molar-refractivity contribution in [3.63, 3.8) is 0 Å². The van der Waals surface area contributed by atoms with Gasteiger partial charge in [-0.05, 0) is 19.4 Å². The summed E-state index contributed by atoms with van der Waals surface area (Å²) in [5, 5.41) is 2.86. The minimum absolute atomic E-state index is 0.0262. The van der Waals surface area contributed by atoms with Gasteiger partial charge in [0.25, 0.3) is 5.91 Å². The first-order valence-electron chi connectivity index (χ1n) is 8.47. The lowest BCUT2D eigenvalue weighted by Gasteiger charge is -2.31. The fourth-order valence-electron chi connectivity index (χ4n) is 2.64. The number of nitrogens with zero attached hydrogens (tertiary/aromatic N) is 3. The molecular formula is C16H26N5O3+. The smallest absolute Gasteiger partial charge is 0.305 e. The van der Waals surface area contributed by atoms with Crippen molar-refractivity contribution < 1.29 is 19.2 Å². The first-order chi connectivity index (χ1) is 11.7. The van der Waals surface area contributed by atoms with E-state index in [-0.39, 0.29) is 11.9 Å². The Bertz CT molecular complexity index is 518. The van der Waals surface area contributed by atoms with E-state index in [1.165, 1.54) is 4.90 Å². The van der Waals surface area contributed by atoms with Crippen LogP contribution in [0.5, 0.6) is 0 Å². The van der Waals surface area contributed by atoms with Crippen molar-refractivity contribution in [2.45, 2.75) is 19.8 Å². The number of carbonyl (C=O) groups excluding carboxylic acids is 2. The first kappa shape index (κ1) is 18.1. The van der Waals surface area contributed by atoms with Gasteiger partial charge in [-0.3, -0.25) is 9.59 Å². The quantitative estimate of drug-likeness (QED) is 0.450. The SMILES string of the molecule is CCOC(=O)CCCNC(=O)C[NH+]1CCN(c2ncccn2)CC1. The molecule has 0 bridgehead atoms. The Balaban J connectivity index is 1.59. The van der Waals surface area contributed by atoms with Gasteiger partial charge in [-0.1, -0.05) is 0 Å². The molecule has 1 fully saturated rings. The van der Waals surface area contributed by atoms with E-state index in [1.54, 1.807) is 25.4 Å². The number of esters is 1. The lowest BCUT2D eigenvalue weighted by atomic mass is 10.3. The van der Waals surface area contributed by atoms with E-state index in [4.69, 9.17) is 4.74 Å². The van der Waals surface area contributed by atoms with Crippen molar-refractivity contribution in [2.75, 3.05) is 50.8 Å². The molecule has 0 saturated carbocycles. The standard InChI is InChI=1S/C16H25N5O3/c1-2-24-15(23)5-3-6-17-14(22)13-20-9-11-21(12-10-20)16-18-7-4-8-19-16/h4,7-8H,2-3,5-6,9-13H2,1H3,(H,17,22)/p+1. The molecule has 0 radical (unpaired) electrons. The Morgan fingerprint density at radius 1 is 1.29 bits per heavy atom. The summed E-state index contributed by atoms with van der Waals surface area (Å²) in [6, 6.07) is 1.80. The van der Waals surface area contributed by atoms with Gasteiger partial charge in [-0.15, -0.1) is 0 Å². The van der Waals surface area contributed by atoms with Crippen LogP contribution in [-0.2, 0) is 14.3 Å². The highest BCUT2D eigenvalue weighted by molar-refractivity contribution is 5.76. The fourth-order valence-corrected chi connectivity index (χ4v) is 2.64. The third kappa shape index (κ3) is 6.11. The predicted molar refractivity (Wildman–Crippen MR) is 88.7 cm³/mol. The second-order valence-electron chi connectivity index (χ2n) is 5.72. The van der Waals surface area contributed by atoms with Crippen molar-refractivity contribution in [1.29, 1.82) is 0 Å². The van der Waals surface area contributed by atoms with E-state index >= 15 is 0 Å². The van der Waals surface area contributed by atoms with Gasteiger partial charge in [0.2, 0.25) is 5.95 Å². The van der Waals surface area contributed by atoms with Gasteiger partial charge in [0, 0.05) is 25.4 Å². The molecule has 1 aliphatic rings. The number of nitrogens with one attached hydrogen (secondary N) is 2. The Morgan fingerprint density at radius 2 is 2.00 bits per heavy atom. The minimum atomic E-state index is -0.211. The van der Waals surface area contributed by atoms with Crippen LogP contribution in [0, 0.1) is 0 Å². The molecule has 0 aromatic carbocycles. The molecule has 8 heteroatoms. The Hall–Kier alpha value is -2.22. The summed E-state index contributed by atoms with van der Waals surface area (Å²) in [5.41, 5.74) is 0. The number of piperazine rings is 1. The van der Waals surface area contributed by atoms with Crippen molar-refractivity contribution >= 4 is 17.8 Å². The predicted octanol–water partition coefficient (Wildman–Crippen LogP) is -1.36. The van der Waals surface area contributed by atoms with E-state index in [0.29, 0.717) is 32.5 Å². The Labute approximate surface area is 142 Å². The van der Waals surface area contributed by atoms with Crippen molar-refractivity contribution in [3.05, 3.63) is 18.5 Å². The molecule has 2 rings (SSSR count). The van der Waals surface area contributed by atoms with Crippen LogP contribution in [0.4, 0.5) is 5.95 Å². The fraction of sp³-hybridized carbons (Fsp3) is 0.625. The molecule has 0 aliphatic carbocycles. The zero-order chi connectivity index (χ0) is 17.2. The van der Waals surface area contributed by atoms with E-state index in [1.807, 2.05) is 0 Å². The second-order valence-corrected chi connectivity index (χ2v) is 5.72. The summed E-state index contributed by atoms with van der Waals surface area (Å²) in [7, 11) is 0. The molecular weight excluding hydrogens is 310 g/mol. The zero-order valence-electron chi connectivity index (χ0n) is 14.2. The number of aromatic nitrogens is 2. The molecule has 0 atom stereocenters. The number of quaternary nitrogens is 1. The van der Waals surface area contributed by atoms with Gasteiger partial charge in [-0.2, -0.15) is 0 Å². The Morgan fingerprint density at radius 3 is 2.67 bits per heavy atom. The van der Waals surface area contributed by atoms with Crippen LogP contribution in [0.2, 0.25) is 0 Å². The molecule has 1 saturated heterocycles. The number of amides is 1. The summed E-state index contributed by atoms with van der Waals surface area (Å²) < 4.78 is 4.85. The average Bonchev–Trinajstić information content (AvgIpc) is 2.60. The molecule has 2 N–H and O–H groups in total. The van der Waals surface area contributed by atoms with Crippen LogP contribution in [0.15, 0.2) is 18.5 Å².